The Hall–Kier alpha value is -2.98. The molecule has 7 nitrogen and oxygen atoms in total. The first-order chi connectivity index (χ1) is 10.7. The number of hydrogen-bond donors (Lipinski definition) is 0. The number of para-hydroxylation sites is 1. The number of halogens is 1. The number of hydrogen-bond acceptors (Lipinski definition) is 5. The molecular weight excluding hydrogens is 302 g/mol. The van der Waals surface area contributed by atoms with Crippen LogP contribution < -0.4 is 0 Å². The summed E-state index contributed by atoms with van der Waals surface area (Å²) in [4.78, 5) is 8.79. The van der Waals surface area contributed by atoms with Gasteiger partial charge in [0.15, 0.2) is 11.5 Å². The van der Waals surface area contributed by atoms with E-state index in [9.17, 15) is 5.26 Å². The fraction of sp³-hybridized carbons (Fsp3) is 0.0714. The fourth-order valence-corrected chi connectivity index (χ4v) is 2.55. The Labute approximate surface area is 129 Å². The highest BCUT2D eigenvalue weighted by molar-refractivity contribution is 6.29. The van der Waals surface area contributed by atoms with Gasteiger partial charge in [-0.3, -0.25) is 4.68 Å². The van der Waals surface area contributed by atoms with E-state index in [0.717, 1.165) is 10.9 Å². The molecule has 3 heterocycles. The smallest absolute Gasteiger partial charge is 0.226 e. The van der Waals surface area contributed by atoms with Gasteiger partial charge in [0, 0.05) is 18.6 Å². The molecule has 4 aromatic rings. The lowest BCUT2D eigenvalue weighted by Gasteiger charge is -2.01. The highest BCUT2D eigenvalue weighted by Crippen LogP contribution is 2.25. The first kappa shape index (κ1) is 12.7. The minimum absolute atomic E-state index is 0.160. The molecule has 0 amide bonds. The van der Waals surface area contributed by atoms with Gasteiger partial charge in [-0.1, -0.05) is 6.07 Å². The van der Waals surface area contributed by atoms with E-state index in [0.29, 0.717) is 22.6 Å². The van der Waals surface area contributed by atoms with Crippen molar-refractivity contribution in [3.8, 4) is 17.5 Å². The van der Waals surface area contributed by atoms with Gasteiger partial charge in [0.1, 0.15) is 6.07 Å². The normalized spacial score (nSPS) is 11.1. The van der Waals surface area contributed by atoms with Gasteiger partial charge in [-0.25, -0.2) is 9.97 Å². The van der Waals surface area contributed by atoms with Crippen molar-refractivity contribution in [3.63, 3.8) is 0 Å². The second kappa shape index (κ2) is 4.51. The Kier molecular flexibility index (Phi) is 2.61. The van der Waals surface area contributed by atoms with Crippen LogP contribution in [-0.4, -0.2) is 29.4 Å². The van der Waals surface area contributed by atoms with Crippen LogP contribution in [0.2, 0.25) is 5.28 Å². The molecule has 0 unspecified atom stereocenters. The van der Waals surface area contributed by atoms with Crippen molar-refractivity contribution in [1.82, 2.24) is 29.4 Å². The Balaban J connectivity index is 2.09. The third-order valence-corrected chi connectivity index (χ3v) is 3.59. The van der Waals surface area contributed by atoms with Crippen LogP contribution in [0.15, 0.2) is 30.6 Å². The zero-order valence-electron chi connectivity index (χ0n) is 11.4. The van der Waals surface area contributed by atoms with Crippen molar-refractivity contribution in [2.24, 2.45) is 7.05 Å². The number of fused-ring (bicyclic) bond motifs is 3. The molecule has 0 radical (unpaired) electrons. The van der Waals surface area contributed by atoms with Crippen LogP contribution in [-0.2, 0) is 7.05 Å². The average Bonchev–Trinajstić information content (AvgIpc) is 3.13. The van der Waals surface area contributed by atoms with E-state index in [4.69, 9.17) is 11.6 Å². The minimum atomic E-state index is 0.160. The predicted octanol–water partition coefficient (Wildman–Crippen LogP) is 2.20. The van der Waals surface area contributed by atoms with E-state index in [1.54, 1.807) is 23.0 Å². The molecule has 0 fully saturated rings. The topological polar surface area (TPSA) is 84.7 Å². The molecule has 4 rings (SSSR count). The monoisotopic (exact) mass is 309 g/mol. The minimum Gasteiger partial charge on any atom is -0.275 e. The molecule has 0 spiro atoms. The summed E-state index contributed by atoms with van der Waals surface area (Å²) in [5.41, 5.74) is 2.32. The zero-order chi connectivity index (χ0) is 15.3. The van der Waals surface area contributed by atoms with Crippen LogP contribution >= 0.6 is 11.6 Å². The molecule has 106 valence electrons. The Morgan fingerprint density at radius 3 is 2.86 bits per heavy atom. The summed E-state index contributed by atoms with van der Waals surface area (Å²) in [6, 6.07) is 7.44. The second-order valence-corrected chi connectivity index (χ2v) is 5.11. The first-order valence-corrected chi connectivity index (χ1v) is 6.79. The van der Waals surface area contributed by atoms with E-state index >= 15 is 0 Å². The van der Waals surface area contributed by atoms with Crippen molar-refractivity contribution >= 4 is 28.2 Å². The highest BCUT2D eigenvalue weighted by Gasteiger charge is 2.15. The molecule has 8 heteroatoms. The maximum Gasteiger partial charge on any atom is 0.226 e. The summed E-state index contributed by atoms with van der Waals surface area (Å²) in [5, 5.41) is 18.6. The van der Waals surface area contributed by atoms with Gasteiger partial charge in [-0.05, 0) is 23.7 Å². The number of aromatic nitrogens is 6. The van der Waals surface area contributed by atoms with Crippen LogP contribution in [0.1, 0.15) is 5.56 Å². The molecule has 0 saturated heterocycles. The molecule has 0 saturated carbocycles. The highest BCUT2D eigenvalue weighted by atomic mass is 35.5. The molecule has 0 aliphatic heterocycles. The van der Waals surface area contributed by atoms with Gasteiger partial charge in [-0.2, -0.15) is 14.9 Å². The third kappa shape index (κ3) is 1.75. The molecule has 3 aromatic heterocycles. The van der Waals surface area contributed by atoms with Crippen molar-refractivity contribution in [2.75, 3.05) is 0 Å². The summed E-state index contributed by atoms with van der Waals surface area (Å²) in [6.45, 7) is 0. The van der Waals surface area contributed by atoms with Gasteiger partial charge in [0.05, 0.1) is 22.8 Å². The number of nitrogens with zero attached hydrogens (tertiary/aromatic N) is 7. The molecule has 0 aliphatic rings. The van der Waals surface area contributed by atoms with Crippen molar-refractivity contribution in [2.45, 2.75) is 0 Å². The van der Waals surface area contributed by atoms with Crippen LogP contribution in [0, 0.1) is 11.3 Å². The molecule has 0 atom stereocenters. The van der Waals surface area contributed by atoms with Crippen molar-refractivity contribution in [3.05, 3.63) is 41.4 Å². The van der Waals surface area contributed by atoms with Gasteiger partial charge in [-0.15, -0.1) is 5.10 Å². The number of benzene rings is 1. The van der Waals surface area contributed by atoms with Crippen LogP contribution in [0.4, 0.5) is 0 Å². The lowest BCUT2D eigenvalue weighted by molar-refractivity contribution is 0.768. The number of rotatable bonds is 1. The summed E-state index contributed by atoms with van der Waals surface area (Å²) >= 11 is 6.19. The Morgan fingerprint density at radius 1 is 1.27 bits per heavy atom. The second-order valence-electron chi connectivity index (χ2n) is 4.77. The first-order valence-electron chi connectivity index (χ1n) is 6.41. The van der Waals surface area contributed by atoms with E-state index in [1.165, 1.54) is 4.52 Å². The molecule has 0 aliphatic carbocycles. The van der Waals surface area contributed by atoms with E-state index in [-0.39, 0.29) is 5.28 Å². The molecule has 22 heavy (non-hydrogen) atoms. The van der Waals surface area contributed by atoms with Crippen molar-refractivity contribution < 1.29 is 0 Å². The van der Waals surface area contributed by atoms with Crippen LogP contribution in [0.25, 0.3) is 27.9 Å². The Morgan fingerprint density at radius 2 is 2.14 bits per heavy atom. The quantitative estimate of drug-likeness (QED) is 0.503. The van der Waals surface area contributed by atoms with E-state index in [2.05, 4.69) is 26.2 Å². The van der Waals surface area contributed by atoms with E-state index < -0.39 is 0 Å². The van der Waals surface area contributed by atoms with Gasteiger partial charge >= 0.3 is 0 Å². The lowest BCUT2D eigenvalue weighted by atomic mass is 10.1. The molecular formula is C14H8ClN7. The summed E-state index contributed by atoms with van der Waals surface area (Å²) in [7, 11) is 1.82. The fourth-order valence-electron chi connectivity index (χ4n) is 2.35. The summed E-state index contributed by atoms with van der Waals surface area (Å²) in [6.07, 6.45) is 3.50. The zero-order valence-corrected chi connectivity index (χ0v) is 12.2. The number of aryl methyl sites for hydroxylation is 1. The van der Waals surface area contributed by atoms with Gasteiger partial charge < -0.3 is 0 Å². The van der Waals surface area contributed by atoms with Gasteiger partial charge in [0.2, 0.25) is 5.28 Å². The third-order valence-electron chi connectivity index (χ3n) is 3.35. The summed E-state index contributed by atoms with van der Waals surface area (Å²) in [5.74, 6) is 0.506. The molecule has 1 aromatic carbocycles. The average molecular weight is 310 g/mol. The van der Waals surface area contributed by atoms with E-state index in [1.807, 2.05) is 19.3 Å². The SMILES string of the molecule is Cn1cc(-c2nc3c4cccc(C#N)c4nc(Cl)n3n2)cn1. The number of nitriles is 1. The predicted molar refractivity (Wildman–Crippen MR) is 80.2 cm³/mol. The van der Waals surface area contributed by atoms with Gasteiger partial charge in [0.25, 0.3) is 0 Å². The summed E-state index contributed by atoms with van der Waals surface area (Å²) < 4.78 is 3.14. The molecule has 0 N–H and O–H groups in total. The van der Waals surface area contributed by atoms with Crippen LogP contribution in [0.3, 0.4) is 0 Å². The lowest BCUT2D eigenvalue weighted by Crippen LogP contribution is -1.96. The molecule has 0 bridgehead atoms. The van der Waals surface area contributed by atoms with Crippen molar-refractivity contribution in [1.29, 1.82) is 5.26 Å². The van der Waals surface area contributed by atoms with Crippen LogP contribution in [0.5, 0.6) is 0 Å². The maximum absolute atomic E-state index is 9.20. The standard InChI is InChI=1S/C14H8ClN7/c1-21-7-9(6-17-21)12-19-13-10-4-2-3-8(5-16)11(10)18-14(15)22(13)20-12/h2-4,6-7H,1H3. The maximum atomic E-state index is 9.20. The largest absolute Gasteiger partial charge is 0.275 e. The Bertz CT molecular complexity index is 1070.